The third-order valence-electron chi connectivity index (χ3n) is 3.47. The third-order valence-corrected chi connectivity index (χ3v) is 4.48. The normalized spacial score (nSPS) is 20.3. The van der Waals surface area contributed by atoms with Crippen LogP contribution in [-0.4, -0.2) is 31.2 Å². The second-order valence-electron chi connectivity index (χ2n) is 5.04. The van der Waals surface area contributed by atoms with E-state index in [4.69, 9.17) is 4.74 Å². The summed E-state index contributed by atoms with van der Waals surface area (Å²) in [6, 6.07) is 2.21. The summed E-state index contributed by atoms with van der Waals surface area (Å²) in [6.45, 7) is 5.45. The molecule has 2 nitrogen and oxygen atoms in total. The minimum atomic E-state index is 0.548. The number of ether oxygens (including phenoxy) is 1. The molecule has 1 unspecified atom stereocenters. The van der Waals surface area contributed by atoms with Crippen LogP contribution in [0.2, 0.25) is 0 Å². The maximum Gasteiger partial charge on any atom is 0.0576 e. The molecule has 0 radical (unpaired) electrons. The summed E-state index contributed by atoms with van der Waals surface area (Å²) in [5, 5.41) is 2.19. The Kier molecular flexibility index (Phi) is 5.01. The molecule has 3 heteroatoms. The molecule has 0 bridgehead atoms. The van der Waals surface area contributed by atoms with Crippen LogP contribution in [0.15, 0.2) is 11.4 Å². The van der Waals surface area contributed by atoms with Crippen LogP contribution >= 0.6 is 11.3 Å². The van der Waals surface area contributed by atoms with Gasteiger partial charge in [-0.15, -0.1) is 11.3 Å². The van der Waals surface area contributed by atoms with Crippen LogP contribution in [0.1, 0.15) is 36.1 Å². The number of thiophene rings is 1. The summed E-state index contributed by atoms with van der Waals surface area (Å²) in [5.74, 6) is 0. The minimum Gasteiger partial charge on any atom is -0.378 e. The molecule has 0 aliphatic carbocycles. The van der Waals surface area contributed by atoms with Gasteiger partial charge in [-0.25, -0.2) is 0 Å². The van der Waals surface area contributed by atoms with Crippen molar-refractivity contribution in [3.8, 4) is 0 Å². The zero-order chi connectivity index (χ0) is 12.1. The Bertz CT molecular complexity index is 331. The first-order chi connectivity index (χ1) is 8.25. The SMILES string of the molecule is Cc1ccsc1CN(C)CCCC1CCCO1. The Hall–Kier alpha value is -0.380. The summed E-state index contributed by atoms with van der Waals surface area (Å²) in [6.07, 6.45) is 5.56. The highest BCUT2D eigenvalue weighted by Crippen LogP contribution is 2.19. The number of hydrogen-bond acceptors (Lipinski definition) is 3. The molecule has 0 amide bonds. The van der Waals surface area contributed by atoms with E-state index in [-0.39, 0.29) is 0 Å². The van der Waals surface area contributed by atoms with E-state index in [9.17, 15) is 0 Å². The number of hydrogen-bond donors (Lipinski definition) is 0. The molecule has 1 aliphatic heterocycles. The van der Waals surface area contributed by atoms with Crippen LogP contribution in [0.5, 0.6) is 0 Å². The van der Waals surface area contributed by atoms with E-state index in [1.54, 1.807) is 0 Å². The van der Waals surface area contributed by atoms with E-state index in [0.29, 0.717) is 6.10 Å². The van der Waals surface area contributed by atoms with Crippen molar-refractivity contribution >= 4 is 11.3 Å². The first-order valence-electron chi connectivity index (χ1n) is 6.59. The van der Waals surface area contributed by atoms with Gasteiger partial charge in [0.1, 0.15) is 0 Å². The van der Waals surface area contributed by atoms with Crippen molar-refractivity contribution in [1.82, 2.24) is 4.90 Å². The molecule has 1 atom stereocenters. The molecule has 17 heavy (non-hydrogen) atoms. The molecule has 1 fully saturated rings. The van der Waals surface area contributed by atoms with Crippen molar-refractivity contribution < 1.29 is 4.74 Å². The van der Waals surface area contributed by atoms with E-state index >= 15 is 0 Å². The molecule has 96 valence electrons. The van der Waals surface area contributed by atoms with Crippen molar-refractivity contribution in [2.24, 2.45) is 0 Å². The second kappa shape index (κ2) is 6.53. The van der Waals surface area contributed by atoms with Crippen molar-refractivity contribution in [3.63, 3.8) is 0 Å². The monoisotopic (exact) mass is 253 g/mol. The molecule has 1 saturated heterocycles. The van der Waals surface area contributed by atoms with Gasteiger partial charge in [-0.3, -0.25) is 0 Å². The van der Waals surface area contributed by atoms with E-state index in [1.165, 1.54) is 42.7 Å². The predicted molar refractivity (Wildman–Crippen MR) is 73.6 cm³/mol. The Morgan fingerprint density at radius 1 is 1.53 bits per heavy atom. The highest BCUT2D eigenvalue weighted by molar-refractivity contribution is 7.10. The van der Waals surface area contributed by atoms with Crippen molar-refractivity contribution in [2.75, 3.05) is 20.2 Å². The third kappa shape index (κ3) is 4.09. The lowest BCUT2D eigenvalue weighted by atomic mass is 10.1. The Balaban J connectivity index is 1.63. The van der Waals surface area contributed by atoms with Crippen molar-refractivity contribution in [3.05, 3.63) is 21.9 Å². The molecular formula is C14H23NOS. The van der Waals surface area contributed by atoms with Gasteiger partial charge in [-0.2, -0.15) is 0 Å². The standard InChI is InChI=1S/C14H23NOS/c1-12-7-10-17-14(12)11-15(2)8-3-5-13-6-4-9-16-13/h7,10,13H,3-6,8-9,11H2,1-2H3. The zero-order valence-corrected chi connectivity index (χ0v) is 11.8. The molecule has 0 N–H and O–H groups in total. The quantitative estimate of drug-likeness (QED) is 0.770. The number of aryl methyl sites for hydroxylation is 1. The van der Waals surface area contributed by atoms with Gasteiger partial charge >= 0.3 is 0 Å². The largest absolute Gasteiger partial charge is 0.378 e. The predicted octanol–water partition coefficient (Wildman–Crippen LogP) is 3.45. The molecule has 0 saturated carbocycles. The van der Waals surface area contributed by atoms with Crippen molar-refractivity contribution in [1.29, 1.82) is 0 Å². The van der Waals surface area contributed by atoms with Crippen LogP contribution in [0, 0.1) is 6.92 Å². The van der Waals surface area contributed by atoms with Gasteiger partial charge in [0.2, 0.25) is 0 Å². The number of rotatable bonds is 6. The second-order valence-corrected chi connectivity index (χ2v) is 6.04. The van der Waals surface area contributed by atoms with Crippen LogP contribution in [0.25, 0.3) is 0 Å². The first-order valence-corrected chi connectivity index (χ1v) is 7.47. The summed E-state index contributed by atoms with van der Waals surface area (Å²) in [7, 11) is 2.22. The highest BCUT2D eigenvalue weighted by atomic mass is 32.1. The van der Waals surface area contributed by atoms with Crippen LogP contribution in [0.3, 0.4) is 0 Å². The summed E-state index contributed by atoms with van der Waals surface area (Å²) >= 11 is 1.87. The topological polar surface area (TPSA) is 12.5 Å². The Morgan fingerprint density at radius 2 is 2.41 bits per heavy atom. The molecule has 2 heterocycles. The van der Waals surface area contributed by atoms with Gasteiger partial charge in [-0.1, -0.05) is 0 Å². The Morgan fingerprint density at radius 3 is 3.06 bits per heavy atom. The molecule has 0 aromatic carbocycles. The molecule has 1 aromatic heterocycles. The molecule has 2 rings (SSSR count). The maximum atomic E-state index is 5.64. The maximum absolute atomic E-state index is 5.64. The smallest absolute Gasteiger partial charge is 0.0576 e. The lowest BCUT2D eigenvalue weighted by Crippen LogP contribution is -2.20. The minimum absolute atomic E-state index is 0.548. The van der Waals surface area contributed by atoms with Gasteiger partial charge in [0.25, 0.3) is 0 Å². The number of nitrogens with zero attached hydrogens (tertiary/aromatic N) is 1. The summed E-state index contributed by atoms with van der Waals surface area (Å²) < 4.78 is 5.64. The van der Waals surface area contributed by atoms with E-state index in [0.717, 1.165) is 13.2 Å². The fourth-order valence-electron chi connectivity index (χ4n) is 2.35. The Labute approximate surface area is 109 Å². The van der Waals surface area contributed by atoms with E-state index < -0.39 is 0 Å². The summed E-state index contributed by atoms with van der Waals surface area (Å²) in [4.78, 5) is 3.93. The molecule has 1 aromatic rings. The fraction of sp³-hybridized carbons (Fsp3) is 0.714. The van der Waals surface area contributed by atoms with Gasteiger partial charge < -0.3 is 9.64 Å². The zero-order valence-electron chi connectivity index (χ0n) is 10.9. The highest BCUT2D eigenvalue weighted by Gasteiger charge is 2.15. The van der Waals surface area contributed by atoms with Crippen molar-refractivity contribution in [2.45, 2.75) is 45.3 Å². The van der Waals surface area contributed by atoms with Gasteiger partial charge in [-0.05, 0) is 63.2 Å². The molecular weight excluding hydrogens is 230 g/mol. The molecule has 1 aliphatic rings. The fourth-order valence-corrected chi connectivity index (χ4v) is 3.34. The van der Waals surface area contributed by atoms with Crippen LogP contribution in [0.4, 0.5) is 0 Å². The van der Waals surface area contributed by atoms with E-state index in [2.05, 4.69) is 30.3 Å². The van der Waals surface area contributed by atoms with Crippen LogP contribution in [-0.2, 0) is 11.3 Å². The van der Waals surface area contributed by atoms with E-state index in [1.807, 2.05) is 11.3 Å². The molecule has 0 spiro atoms. The first kappa shape index (κ1) is 13.1. The average molecular weight is 253 g/mol. The van der Waals surface area contributed by atoms with Gasteiger partial charge in [0.15, 0.2) is 0 Å². The van der Waals surface area contributed by atoms with Crippen LogP contribution < -0.4 is 0 Å². The lowest BCUT2D eigenvalue weighted by Gasteiger charge is -2.17. The summed E-state index contributed by atoms with van der Waals surface area (Å²) in [5.41, 5.74) is 1.43. The van der Waals surface area contributed by atoms with Gasteiger partial charge in [0.05, 0.1) is 6.10 Å². The lowest BCUT2D eigenvalue weighted by molar-refractivity contribution is 0.0995. The average Bonchev–Trinajstić information content (AvgIpc) is 2.92. The van der Waals surface area contributed by atoms with Gasteiger partial charge in [0, 0.05) is 18.0 Å².